The van der Waals surface area contributed by atoms with E-state index in [9.17, 15) is 9.18 Å². The Labute approximate surface area is 110 Å². The summed E-state index contributed by atoms with van der Waals surface area (Å²) < 4.78 is 13.9. The Balaban J connectivity index is 2.18. The molecule has 1 aromatic heterocycles. The summed E-state index contributed by atoms with van der Waals surface area (Å²) in [6.07, 6.45) is 0. The Bertz CT molecular complexity index is 550. The van der Waals surface area contributed by atoms with Gasteiger partial charge in [-0.05, 0) is 40.2 Å². The molecule has 0 aliphatic heterocycles. The van der Waals surface area contributed by atoms with Gasteiger partial charge in [0.05, 0.1) is 4.88 Å². The van der Waals surface area contributed by atoms with E-state index in [0.29, 0.717) is 10.6 Å². The summed E-state index contributed by atoms with van der Waals surface area (Å²) in [5.74, 6) is -0.765. The molecule has 0 atom stereocenters. The Morgan fingerprint density at radius 3 is 2.71 bits per heavy atom. The third kappa shape index (κ3) is 3.04. The molecule has 1 aromatic carbocycles. The maximum atomic E-state index is 13.0. The number of nitrogen functional groups attached to an aromatic ring is 1. The van der Waals surface area contributed by atoms with E-state index in [4.69, 9.17) is 5.73 Å². The van der Waals surface area contributed by atoms with Crippen molar-refractivity contribution in [2.45, 2.75) is 0 Å². The van der Waals surface area contributed by atoms with Crippen LogP contribution in [0, 0.1) is 5.82 Å². The normalized spacial score (nSPS) is 10.2. The van der Waals surface area contributed by atoms with Gasteiger partial charge in [0.25, 0.3) is 5.91 Å². The molecule has 0 aliphatic carbocycles. The van der Waals surface area contributed by atoms with Crippen molar-refractivity contribution in [1.82, 2.24) is 0 Å². The van der Waals surface area contributed by atoms with Crippen LogP contribution in [-0.2, 0) is 0 Å². The van der Waals surface area contributed by atoms with Crippen molar-refractivity contribution in [3.63, 3.8) is 0 Å². The molecule has 0 bridgehead atoms. The fourth-order valence-corrected chi connectivity index (χ4v) is 2.63. The minimum atomic E-state index is -0.479. The van der Waals surface area contributed by atoms with Crippen molar-refractivity contribution < 1.29 is 9.18 Å². The number of rotatable bonds is 2. The number of benzene rings is 1. The summed E-state index contributed by atoms with van der Waals surface area (Å²) in [5, 5.41) is 4.38. The SMILES string of the molecule is Nc1cc(F)cc(NC(=O)c2cc(Br)cs2)c1. The second kappa shape index (κ2) is 4.85. The third-order valence-electron chi connectivity index (χ3n) is 1.97. The van der Waals surface area contributed by atoms with Crippen LogP contribution in [0.1, 0.15) is 9.67 Å². The number of nitrogens with one attached hydrogen (secondary N) is 1. The molecule has 0 spiro atoms. The lowest BCUT2D eigenvalue weighted by Crippen LogP contribution is -2.10. The van der Waals surface area contributed by atoms with Crippen LogP contribution in [-0.4, -0.2) is 5.91 Å². The zero-order chi connectivity index (χ0) is 12.4. The van der Waals surface area contributed by atoms with Gasteiger partial charge in [-0.3, -0.25) is 4.79 Å². The fourth-order valence-electron chi connectivity index (χ4n) is 1.31. The van der Waals surface area contributed by atoms with Crippen LogP contribution in [0.2, 0.25) is 0 Å². The first kappa shape index (κ1) is 12.1. The van der Waals surface area contributed by atoms with Crippen LogP contribution in [0.5, 0.6) is 0 Å². The summed E-state index contributed by atoms with van der Waals surface area (Å²) >= 11 is 4.56. The van der Waals surface area contributed by atoms with Crippen LogP contribution >= 0.6 is 27.3 Å². The van der Waals surface area contributed by atoms with Crippen molar-refractivity contribution in [2.75, 3.05) is 11.1 Å². The molecule has 6 heteroatoms. The average molecular weight is 315 g/mol. The molecule has 1 amide bonds. The summed E-state index contributed by atoms with van der Waals surface area (Å²) in [6.45, 7) is 0. The highest BCUT2D eigenvalue weighted by molar-refractivity contribution is 9.10. The van der Waals surface area contributed by atoms with Crippen molar-refractivity contribution in [3.05, 3.63) is 44.8 Å². The number of nitrogens with two attached hydrogens (primary N) is 1. The molecule has 3 nitrogen and oxygen atoms in total. The lowest BCUT2D eigenvalue weighted by molar-refractivity contribution is 0.103. The maximum absolute atomic E-state index is 13.0. The summed E-state index contributed by atoms with van der Waals surface area (Å²) in [5.41, 5.74) is 6.10. The Morgan fingerprint density at radius 2 is 2.12 bits per heavy atom. The van der Waals surface area contributed by atoms with Crippen molar-refractivity contribution in [1.29, 1.82) is 0 Å². The van der Waals surface area contributed by atoms with Gasteiger partial charge in [0.1, 0.15) is 5.82 Å². The monoisotopic (exact) mass is 314 g/mol. The molecule has 0 radical (unpaired) electrons. The second-order valence-corrected chi connectivity index (χ2v) is 5.18. The molecule has 3 N–H and O–H groups in total. The quantitative estimate of drug-likeness (QED) is 0.834. The van der Waals surface area contributed by atoms with Crippen molar-refractivity contribution >= 4 is 44.5 Å². The number of carbonyl (C=O) groups excluding carboxylic acids is 1. The molecular weight excluding hydrogens is 307 g/mol. The van der Waals surface area contributed by atoms with Gasteiger partial charge in [0, 0.05) is 21.2 Å². The maximum Gasteiger partial charge on any atom is 0.265 e. The summed E-state index contributed by atoms with van der Waals surface area (Å²) in [6, 6.07) is 5.61. The van der Waals surface area contributed by atoms with Gasteiger partial charge in [0.2, 0.25) is 0 Å². The van der Waals surface area contributed by atoms with Crippen LogP contribution in [0.25, 0.3) is 0 Å². The van der Waals surface area contributed by atoms with Crippen molar-refractivity contribution in [3.8, 4) is 0 Å². The minimum Gasteiger partial charge on any atom is -0.399 e. The van der Waals surface area contributed by atoms with E-state index in [1.165, 1.54) is 29.5 Å². The van der Waals surface area contributed by atoms with E-state index in [2.05, 4.69) is 21.2 Å². The van der Waals surface area contributed by atoms with Gasteiger partial charge in [0.15, 0.2) is 0 Å². The lowest BCUT2D eigenvalue weighted by atomic mass is 10.2. The first-order valence-electron chi connectivity index (χ1n) is 4.66. The fraction of sp³-hybridized carbons (Fsp3) is 0. The smallest absolute Gasteiger partial charge is 0.265 e. The standard InChI is InChI=1S/C11H8BrFN2OS/c12-6-1-10(17-5-6)11(16)15-9-3-7(13)2-8(14)4-9/h1-5H,14H2,(H,15,16). The van der Waals surface area contributed by atoms with E-state index < -0.39 is 5.82 Å². The van der Waals surface area contributed by atoms with Crippen LogP contribution in [0.4, 0.5) is 15.8 Å². The highest BCUT2D eigenvalue weighted by atomic mass is 79.9. The van der Waals surface area contributed by atoms with Gasteiger partial charge in [-0.15, -0.1) is 11.3 Å². The lowest BCUT2D eigenvalue weighted by Gasteiger charge is -2.04. The zero-order valence-electron chi connectivity index (χ0n) is 8.54. The van der Waals surface area contributed by atoms with Crippen LogP contribution < -0.4 is 11.1 Å². The highest BCUT2D eigenvalue weighted by Gasteiger charge is 2.09. The van der Waals surface area contributed by atoms with Crippen LogP contribution in [0.15, 0.2) is 34.1 Å². The van der Waals surface area contributed by atoms with E-state index in [1.54, 1.807) is 11.4 Å². The first-order chi connectivity index (χ1) is 8.04. The number of carbonyl (C=O) groups is 1. The van der Waals surface area contributed by atoms with E-state index in [1.807, 2.05) is 0 Å². The average Bonchev–Trinajstić information content (AvgIpc) is 2.63. The number of amides is 1. The molecule has 0 aliphatic rings. The second-order valence-electron chi connectivity index (χ2n) is 3.36. The van der Waals surface area contributed by atoms with Gasteiger partial charge in [-0.2, -0.15) is 0 Å². The van der Waals surface area contributed by atoms with Gasteiger partial charge in [-0.1, -0.05) is 0 Å². The number of halogens is 2. The van der Waals surface area contributed by atoms with Gasteiger partial charge in [-0.25, -0.2) is 4.39 Å². The van der Waals surface area contributed by atoms with Crippen molar-refractivity contribution in [2.24, 2.45) is 0 Å². The number of hydrogen-bond donors (Lipinski definition) is 2. The zero-order valence-corrected chi connectivity index (χ0v) is 10.9. The molecule has 1 heterocycles. The molecule has 0 saturated carbocycles. The molecule has 2 aromatic rings. The largest absolute Gasteiger partial charge is 0.399 e. The van der Waals surface area contributed by atoms with E-state index in [0.717, 1.165) is 4.47 Å². The Morgan fingerprint density at radius 1 is 1.35 bits per heavy atom. The Hall–Kier alpha value is -1.40. The predicted octanol–water partition coefficient (Wildman–Crippen LogP) is 3.48. The summed E-state index contributed by atoms with van der Waals surface area (Å²) in [4.78, 5) is 12.3. The van der Waals surface area contributed by atoms with Gasteiger partial charge >= 0.3 is 0 Å². The molecule has 17 heavy (non-hydrogen) atoms. The molecule has 0 saturated heterocycles. The molecule has 2 rings (SSSR count). The van der Waals surface area contributed by atoms with E-state index in [-0.39, 0.29) is 11.6 Å². The predicted molar refractivity (Wildman–Crippen MR) is 70.8 cm³/mol. The molecular formula is C11H8BrFN2OS. The molecule has 0 fully saturated rings. The number of thiophene rings is 1. The molecule has 88 valence electrons. The third-order valence-corrected chi connectivity index (χ3v) is 3.66. The first-order valence-corrected chi connectivity index (χ1v) is 6.33. The van der Waals surface area contributed by atoms with E-state index >= 15 is 0 Å². The Kier molecular flexibility index (Phi) is 3.44. The summed E-state index contributed by atoms with van der Waals surface area (Å²) in [7, 11) is 0. The van der Waals surface area contributed by atoms with Crippen LogP contribution in [0.3, 0.4) is 0 Å². The molecule has 0 unspecified atom stereocenters. The number of hydrogen-bond acceptors (Lipinski definition) is 3. The highest BCUT2D eigenvalue weighted by Crippen LogP contribution is 2.22. The number of anilines is 2. The minimum absolute atomic E-state index is 0.271. The topological polar surface area (TPSA) is 55.1 Å². The van der Waals surface area contributed by atoms with Gasteiger partial charge < -0.3 is 11.1 Å².